The number of nitrogens with one attached hydrogen (secondary N) is 1. The van der Waals surface area contributed by atoms with E-state index in [4.69, 9.17) is 16.3 Å². The first-order valence-electron chi connectivity index (χ1n) is 7.92. The van der Waals surface area contributed by atoms with Crippen LogP contribution in [-0.2, 0) is 16.0 Å². The Kier molecular flexibility index (Phi) is 6.83. The lowest BCUT2D eigenvalue weighted by Gasteiger charge is -2.20. The van der Waals surface area contributed by atoms with E-state index in [2.05, 4.69) is 5.32 Å². The molecule has 0 saturated heterocycles. The van der Waals surface area contributed by atoms with Crippen molar-refractivity contribution in [1.82, 2.24) is 4.90 Å². The van der Waals surface area contributed by atoms with Gasteiger partial charge in [0.1, 0.15) is 5.75 Å². The van der Waals surface area contributed by atoms with Crippen LogP contribution in [0.15, 0.2) is 48.5 Å². The van der Waals surface area contributed by atoms with Gasteiger partial charge in [-0.15, -0.1) is 0 Å². The number of hydrogen-bond donors (Lipinski definition) is 1. The van der Waals surface area contributed by atoms with E-state index < -0.39 is 0 Å². The molecule has 0 bridgehead atoms. The van der Waals surface area contributed by atoms with Crippen molar-refractivity contribution in [3.8, 4) is 5.75 Å². The van der Waals surface area contributed by atoms with E-state index >= 15 is 0 Å². The summed E-state index contributed by atoms with van der Waals surface area (Å²) in [6, 6.07) is 14.6. The topological polar surface area (TPSA) is 58.6 Å². The van der Waals surface area contributed by atoms with Crippen LogP contribution >= 0.6 is 11.6 Å². The molecule has 0 aliphatic rings. The average molecular weight is 361 g/mol. The Balaban J connectivity index is 1.92. The van der Waals surface area contributed by atoms with Crippen molar-refractivity contribution in [3.63, 3.8) is 0 Å². The van der Waals surface area contributed by atoms with Crippen LogP contribution in [-0.4, -0.2) is 36.9 Å². The number of benzene rings is 2. The summed E-state index contributed by atoms with van der Waals surface area (Å²) in [6.07, 6.45) is 0.656. The van der Waals surface area contributed by atoms with E-state index in [-0.39, 0.29) is 18.4 Å². The fourth-order valence-electron chi connectivity index (χ4n) is 2.33. The standard InChI is InChI=1S/C19H21ClN2O3/c1-14(23)22(12-11-15-7-9-16(25-2)10-8-15)13-19(24)21-18-6-4-3-5-17(18)20/h3-10H,11-13H2,1-2H3,(H,21,24). The lowest BCUT2D eigenvalue weighted by Crippen LogP contribution is -2.38. The monoisotopic (exact) mass is 360 g/mol. The van der Waals surface area contributed by atoms with Crippen molar-refractivity contribution < 1.29 is 14.3 Å². The Bertz CT molecular complexity index is 732. The van der Waals surface area contributed by atoms with Gasteiger partial charge in [-0.05, 0) is 36.2 Å². The molecule has 0 saturated carbocycles. The fourth-order valence-corrected chi connectivity index (χ4v) is 2.51. The highest BCUT2D eigenvalue weighted by Gasteiger charge is 2.14. The first-order chi connectivity index (χ1) is 12.0. The van der Waals surface area contributed by atoms with Crippen molar-refractivity contribution in [2.45, 2.75) is 13.3 Å². The third-order valence-electron chi connectivity index (χ3n) is 3.76. The molecular formula is C19H21ClN2O3. The molecule has 25 heavy (non-hydrogen) atoms. The van der Waals surface area contributed by atoms with E-state index in [0.717, 1.165) is 11.3 Å². The van der Waals surface area contributed by atoms with Crippen molar-refractivity contribution >= 4 is 29.1 Å². The van der Waals surface area contributed by atoms with Crippen molar-refractivity contribution in [1.29, 1.82) is 0 Å². The molecule has 6 heteroatoms. The molecule has 1 N–H and O–H groups in total. The van der Waals surface area contributed by atoms with Crippen LogP contribution < -0.4 is 10.1 Å². The number of methoxy groups -OCH3 is 1. The molecule has 0 aliphatic heterocycles. The van der Waals surface area contributed by atoms with Crippen LogP contribution in [0.4, 0.5) is 5.69 Å². The van der Waals surface area contributed by atoms with E-state index in [1.165, 1.54) is 11.8 Å². The van der Waals surface area contributed by atoms with Crippen LogP contribution in [0, 0.1) is 0 Å². The summed E-state index contributed by atoms with van der Waals surface area (Å²) in [5.74, 6) is 0.354. The smallest absolute Gasteiger partial charge is 0.244 e. The Morgan fingerprint density at radius 1 is 1.12 bits per heavy atom. The first-order valence-corrected chi connectivity index (χ1v) is 8.30. The van der Waals surface area contributed by atoms with Crippen LogP contribution in [0.3, 0.4) is 0 Å². The van der Waals surface area contributed by atoms with Gasteiger partial charge in [-0.2, -0.15) is 0 Å². The quantitative estimate of drug-likeness (QED) is 0.823. The highest BCUT2D eigenvalue weighted by atomic mass is 35.5. The average Bonchev–Trinajstić information content (AvgIpc) is 2.60. The molecular weight excluding hydrogens is 340 g/mol. The van der Waals surface area contributed by atoms with Gasteiger partial charge in [0, 0.05) is 13.5 Å². The molecule has 0 unspecified atom stereocenters. The second-order valence-corrected chi connectivity index (χ2v) is 5.97. The number of nitrogens with zero attached hydrogens (tertiary/aromatic N) is 1. The third kappa shape index (κ3) is 5.80. The number of rotatable bonds is 7. The molecule has 2 rings (SSSR count). The number of ether oxygens (including phenoxy) is 1. The molecule has 2 aromatic carbocycles. The molecule has 2 amide bonds. The van der Waals surface area contributed by atoms with Crippen molar-refractivity contribution in [3.05, 3.63) is 59.1 Å². The highest BCUT2D eigenvalue weighted by molar-refractivity contribution is 6.33. The molecule has 132 valence electrons. The predicted molar refractivity (Wildman–Crippen MR) is 99.0 cm³/mol. The Labute approximate surface area is 152 Å². The summed E-state index contributed by atoms with van der Waals surface area (Å²) in [5, 5.41) is 3.19. The summed E-state index contributed by atoms with van der Waals surface area (Å²) in [7, 11) is 1.62. The van der Waals surface area contributed by atoms with E-state index in [9.17, 15) is 9.59 Å². The molecule has 0 aliphatic carbocycles. The Morgan fingerprint density at radius 2 is 1.80 bits per heavy atom. The molecule has 0 heterocycles. The Hall–Kier alpha value is -2.53. The van der Waals surface area contributed by atoms with Gasteiger partial charge in [0.2, 0.25) is 11.8 Å². The third-order valence-corrected chi connectivity index (χ3v) is 4.09. The zero-order valence-electron chi connectivity index (χ0n) is 14.3. The molecule has 0 atom stereocenters. The van der Waals surface area contributed by atoms with Gasteiger partial charge >= 0.3 is 0 Å². The number of halogens is 1. The first kappa shape index (κ1) is 18.8. The SMILES string of the molecule is COc1ccc(CCN(CC(=O)Nc2ccccc2Cl)C(C)=O)cc1. The van der Waals surface area contributed by atoms with Gasteiger partial charge < -0.3 is 15.0 Å². The summed E-state index contributed by atoms with van der Waals surface area (Å²) in [6.45, 7) is 1.89. The summed E-state index contributed by atoms with van der Waals surface area (Å²) < 4.78 is 5.12. The van der Waals surface area contributed by atoms with Crippen LogP contribution in [0.25, 0.3) is 0 Å². The van der Waals surface area contributed by atoms with Gasteiger partial charge in [-0.25, -0.2) is 0 Å². The molecule has 5 nitrogen and oxygen atoms in total. The minimum Gasteiger partial charge on any atom is -0.497 e. The van der Waals surface area contributed by atoms with Crippen LogP contribution in [0.1, 0.15) is 12.5 Å². The molecule has 0 radical (unpaired) electrons. The van der Waals surface area contributed by atoms with Crippen molar-refractivity contribution in [2.75, 3.05) is 25.5 Å². The normalized spacial score (nSPS) is 10.2. The fraction of sp³-hybridized carbons (Fsp3) is 0.263. The van der Waals surface area contributed by atoms with Gasteiger partial charge in [0.15, 0.2) is 0 Å². The van der Waals surface area contributed by atoms with Gasteiger partial charge in [0.05, 0.1) is 24.4 Å². The van der Waals surface area contributed by atoms with Crippen molar-refractivity contribution in [2.24, 2.45) is 0 Å². The molecule has 2 aromatic rings. The molecule has 0 aromatic heterocycles. The number of anilines is 1. The second kappa shape index (κ2) is 9.08. The second-order valence-electron chi connectivity index (χ2n) is 5.57. The lowest BCUT2D eigenvalue weighted by molar-refractivity contribution is -0.132. The molecule has 0 spiro atoms. The summed E-state index contributed by atoms with van der Waals surface area (Å²) in [4.78, 5) is 25.5. The summed E-state index contributed by atoms with van der Waals surface area (Å²) >= 11 is 6.03. The van der Waals surface area contributed by atoms with Gasteiger partial charge in [-0.1, -0.05) is 35.9 Å². The Morgan fingerprint density at radius 3 is 2.40 bits per heavy atom. The van der Waals surface area contributed by atoms with Gasteiger partial charge in [0.25, 0.3) is 0 Å². The van der Waals surface area contributed by atoms with E-state index in [0.29, 0.717) is 23.7 Å². The minimum atomic E-state index is -0.280. The summed E-state index contributed by atoms with van der Waals surface area (Å²) in [5.41, 5.74) is 1.60. The predicted octanol–water partition coefficient (Wildman–Crippen LogP) is 3.38. The number of hydrogen-bond acceptors (Lipinski definition) is 3. The van der Waals surface area contributed by atoms with Gasteiger partial charge in [-0.3, -0.25) is 9.59 Å². The number of carbonyl (C=O) groups excluding carboxylic acids is 2. The van der Waals surface area contributed by atoms with Crippen LogP contribution in [0.2, 0.25) is 5.02 Å². The largest absolute Gasteiger partial charge is 0.497 e. The zero-order valence-corrected chi connectivity index (χ0v) is 15.0. The van der Waals surface area contributed by atoms with Crippen LogP contribution in [0.5, 0.6) is 5.75 Å². The minimum absolute atomic E-state index is 0.0172. The van der Waals surface area contributed by atoms with E-state index in [1.54, 1.807) is 31.4 Å². The highest BCUT2D eigenvalue weighted by Crippen LogP contribution is 2.20. The zero-order chi connectivity index (χ0) is 18.2. The number of carbonyl (C=O) groups is 2. The number of amides is 2. The maximum Gasteiger partial charge on any atom is 0.244 e. The molecule has 0 fully saturated rings. The maximum absolute atomic E-state index is 12.2. The lowest BCUT2D eigenvalue weighted by atomic mass is 10.1. The number of para-hydroxylation sites is 1. The maximum atomic E-state index is 12.2. The van der Waals surface area contributed by atoms with E-state index in [1.807, 2.05) is 24.3 Å².